The molecule has 0 spiro atoms. The summed E-state index contributed by atoms with van der Waals surface area (Å²) in [4.78, 5) is 14.3. The maximum absolute atomic E-state index is 12.4. The summed E-state index contributed by atoms with van der Waals surface area (Å²) in [5.74, 6) is 0.706. The van der Waals surface area contributed by atoms with Crippen molar-refractivity contribution < 1.29 is 13.2 Å². The quantitative estimate of drug-likeness (QED) is 0.819. The number of carbonyl (C=O) groups is 1. The summed E-state index contributed by atoms with van der Waals surface area (Å²) in [6, 6.07) is 5.71. The van der Waals surface area contributed by atoms with Crippen LogP contribution < -0.4 is 4.31 Å². The molecule has 0 bridgehead atoms. The Morgan fingerprint density at radius 2 is 1.75 bits per heavy atom. The molecule has 0 atom stereocenters. The SMILES string of the molecule is Cc1cccc(C)c1N(CCC(=O)N1CCC(C)CC1)S(C)(=O)=O. The van der Waals surface area contributed by atoms with Crippen LogP contribution in [-0.2, 0) is 14.8 Å². The van der Waals surface area contributed by atoms with Gasteiger partial charge in [-0.3, -0.25) is 9.10 Å². The highest BCUT2D eigenvalue weighted by atomic mass is 32.2. The van der Waals surface area contributed by atoms with Gasteiger partial charge in [0.05, 0.1) is 11.9 Å². The highest BCUT2D eigenvalue weighted by Crippen LogP contribution is 2.27. The Labute approximate surface area is 145 Å². The molecule has 6 heteroatoms. The van der Waals surface area contributed by atoms with E-state index < -0.39 is 10.0 Å². The van der Waals surface area contributed by atoms with Gasteiger partial charge >= 0.3 is 0 Å². The molecule has 1 aromatic carbocycles. The number of nitrogens with zero attached hydrogens (tertiary/aromatic N) is 2. The Balaban J connectivity index is 2.12. The Morgan fingerprint density at radius 3 is 2.25 bits per heavy atom. The standard InChI is InChI=1S/C18H28N2O3S/c1-14-8-11-19(12-9-14)17(21)10-13-20(24(4,22)23)18-15(2)6-5-7-16(18)3/h5-7,14H,8-13H2,1-4H3. The van der Waals surface area contributed by atoms with E-state index in [1.807, 2.05) is 36.9 Å². The summed E-state index contributed by atoms with van der Waals surface area (Å²) in [7, 11) is -3.44. The molecule has 0 aliphatic carbocycles. The Hall–Kier alpha value is -1.56. The summed E-state index contributed by atoms with van der Waals surface area (Å²) in [6.07, 6.45) is 3.47. The Kier molecular flexibility index (Phi) is 5.91. The van der Waals surface area contributed by atoms with Crippen molar-refractivity contribution in [3.63, 3.8) is 0 Å². The largest absolute Gasteiger partial charge is 0.343 e. The van der Waals surface area contributed by atoms with Crippen LogP contribution in [0.25, 0.3) is 0 Å². The first-order valence-corrected chi connectivity index (χ1v) is 10.4. The average Bonchev–Trinajstić information content (AvgIpc) is 2.49. The van der Waals surface area contributed by atoms with Crippen LogP contribution in [0.2, 0.25) is 0 Å². The molecule has 1 fully saturated rings. The second-order valence-corrected chi connectivity index (χ2v) is 8.80. The van der Waals surface area contributed by atoms with Gasteiger partial charge in [0.2, 0.25) is 15.9 Å². The van der Waals surface area contributed by atoms with Gasteiger partial charge in [-0.15, -0.1) is 0 Å². The lowest BCUT2D eigenvalue weighted by Crippen LogP contribution is -2.40. The molecule has 0 radical (unpaired) electrons. The second kappa shape index (κ2) is 7.55. The van der Waals surface area contributed by atoms with E-state index in [-0.39, 0.29) is 18.9 Å². The highest BCUT2D eigenvalue weighted by Gasteiger charge is 2.25. The Morgan fingerprint density at radius 1 is 1.21 bits per heavy atom. The first kappa shape index (κ1) is 18.8. The molecule has 1 saturated heterocycles. The van der Waals surface area contributed by atoms with E-state index in [1.54, 1.807) is 0 Å². The molecular weight excluding hydrogens is 324 g/mol. The van der Waals surface area contributed by atoms with Crippen LogP contribution in [0.5, 0.6) is 0 Å². The van der Waals surface area contributed by atoms with Crippen LogP contribution in [-0.4, -0.2) is 45.1 Å². The molecule has 24 heavy (non-hydrogen) atoms. The normalized spacial score (nSPS) is 16.2. The van der Waals surface area contributed by atoms with Crippen molar-refractivity contribution in [3.05, 3.63) is 29.3 Å². The maximum atomic E-state index is 12.4. The van der Waals surface area contributed by atoms with E-state index in [1.165, 1.54) is 10.6 Å². The third kappa shape index (κ3) is 4.50. The molecule has 0 N–H and O–H groups in total. The molecule has 0 aromatic heterocycles. The number of aryl methyl sites for hydroxylation is 2. The van der Waals surface area contributed by atoms with Crippen LogP contribution in [0.1, 0.15) is 37.3 Å². The summed E-state index contributed by atoms with van der Waals surface area (Å²) in [5, 5.41) is 0. The van der Waals surface area contributed by atoms with Gasteiger partial charge in [0.25, 0.3) is 0 Å². The number of piperidine rings is 1. The smallest absolute Gasteiger partial charge is 0.232 e. The van der Waals surface area contributed by atoms with Gasteiger partial charge in [-0.25, -0.2) is 8.42 Å². The number of carbonyl (C=O) groups excluding carboxylic acids is 1. The van der Waals surface area contributed by atoms with Crippen molar-refractivity contribution in [2.24, 2.45) is 5.92 Å². The zero-order chi connectivity index (χ0) is 17.9. The molecule has 0 saturated carbocycles. The zero-order valence-corrected chi connectivity index (χ0v) is 15.9. The van der Waals surface area contributed by atoms with Crippen LogP contribution in [0.3, 0.4) is 0 Å². The monoisotopic (exact) mass is 352 g/mol. The minimum Gasteiger partial charge on any atom is -0.343 e. The van der Waals surface area contributed by atoms with Crippen molar-refractivity contribution in [1.29, 1.82) is 0 Å². The molecule has 2 rings (SSSR count). The topological polar surface area (TPSA) is 57.7 Å². The van der Waals surface area contributed by atoms with E-state index >= 15 is 0 Å². The highest BCUT2D eigenvalue weighted by molar-refractivity contribution is 7.92. The lowest BCUT2D eigenvalue weighted by Gasteiger charge is -2.31. The lowest BCUT2D eigenvalue weighted by atomic mass is 9.99. The molecule has 134 valence electrons. The average molecular weight is 353 g/mol. The van der Waals surface area contributed by atoms with Crippen molar-refractivity contribution in [1.82, 2.24) is 4.90 Å². The molecule has 0 unspecified atom stereocenters. The number of benzene rings is 1. The van der Waals surface area contributed by atoms with Crippen molar-refractivity contribution >= 4 is 21.6 Å². The van der Waals surface area contributed by atoms with E-state index in [4.69, 9.17) is 0 Å². The Bertz CT molecular complexity index is 672. The van der Waals surface area contributed by atoms with Crippen molar-refractivity contribution in [2.45, 2.75) is 40.0 Å². The van der Waals surface area contributed by atoms with Gasteiger partial charge in [0.1, 0.15) is 0 Å². The molecule has 1 aromatic rings. The van der Waals surface area contributed by atoms with Crippen LogP contribution in [0.15, 0.2) is 18.2 Å². The van der Waals surface area contributed by atoms with Crippen LogP contribution >= 0.6 is 0 Å². The third-order valence-electron chi connectivity index (χ3n) is 4.75. The fraction of sp³-hybridized carbons (Fsp3) is 0.611. The molecule has 1 aliphatic rings. The summed E-state index contributed by atoms with van der Waals surface area (Å²) in [6.45, 7) is 7.75. The minimum atomic E-state index is -3.44. The second-order valence-electron chi connectivity index (χ2n) is 6.89. The van der Waals surface area contributed by atoms with Gasteiger partial charge in [-0.2, -0.15) is 0 Å². The molecule has 1 aliphatic heterocycles. The number of para-hydroxylation sites is 1. The number of hydrogen-bond acceptors (Lipinski definition) is 3. The molecular formula is C18H28N2O3S. The molecule has 5 nitrogen and oxygen atoms in total. The number of anilines is 1. The van der Waals surface area contributed by atoms with E-state index in [2.05, 4.69) is 6.92 Å². The summed E-state index contributed by atoms with van der Waals surface area (Å²) >= 11 is 0. The van der Waals surface area contributed by atoms with E-state index in [0.29, 0.717) is 11.6 Å². The van der Waals surface area contributed by atoms with Crippen molar-refractivity contribution in [2.75, 3.05) is 30.2 Å². The van der Waals surface area contributed by atoms with Gasteiger partial charge in [0.15, 0.2) is 0 Å². The van der Waals surface area contributed by atoms with Gasteiger partial charge in [0, 0.05) is 26.1 Å². The molecule has 1 heterocycles. The summed E-state index contributed by atoms with van der Waals surface area (Å²) < 4.78 is 25.9. The fourth-order valence-corrected chi connectivity index (χ4v) is 4.30. The predicted octanol–water partition coefficient (Wildman–Crippen LogP) is 2.72. The van der Waals surface area contributed by atoms with Crippen LogP contribution in [0.4, 0.5) is 5.69 Å². The number of hydrogen-bond donors (Lipinski definition) is 0. The van der Waals surface area contributed by atoms with Gasteiger partial charge in [-0.05, 0) is 43.7 Å². The third-order valence-corrected chi connectivity index (χ3v) is 5.92. The van der Waals surface area contributed by atoms with Crippen molar-refractivity contribution in [3.8, 4) is 0 Å². The van der Waals surface area contributed by atoms with E-state index in [0.717, 1.165) is 37.1 Å². The number of rotatable bonds is 5. The van der Waals surface area contributed by atoms with E-state index in [9.17, 15) is 13.2 Å². The predicted molar refractivity (Wildman–Crippen MR) is 97.7 cm³/mol. The number of amides is 1. The number of likely N-dealkylation sites (tertiary alicyclic amines) is 1. The van der Waals surface area contributed by atoms with Crippen LogP contribution in [0, 0.1) is 19.8 Å². The first-order valence-electron chi connectivity index (χ1n) is 8.52. The first-order chi connectivity index (χ1) is 11.2. The maximum Gasteiger partial charge on any atom is 0.232 e. The molecule has 1 amide bonds. The summed E-state index contributed by atoms with van der Waals surface area (Å²) in [5.41, 5.74) is 2.50. The minimum absolute atomic E-state index is 0.0433. The number of sulfonamides is 1. The zero-order valence-electron chi connectivity index (χ0n) is 15.1. The van der Waals surface area contributed by atoms with Gasteiger partial charge < -0.3 is 4.90 Å². The fourth-order valence-electron chi connectivity index (χ4n) is 3.26. The van der Waals surface area contributed by atoms with Gasteiger partial charge in [-0.1, -0.05) is 25.1 Å². The lowest BCUT2D eigenvalue weighted by molar-refractivity contribution is -0.132.